The van der Waals surface area contributed by atoms with E-state index in [-0.39, 0.29) is 0 Å². The number of hydrogen-bond acceptors (Lipinski definition) is 3. The smallest absolute Gasteiger partial charge is 0.0703 e. The molecule has 2 aromatic rings. The number of benzene rings is 1. The number of likely N-dealkylation sites (N-methyl/N-ethyl adjacent to an activating group) is 1. The van der Waals surface area contributed by atoms with Gasteiger partial charge in [-0.15, -0.1) is 0 Å². The highest BCUT2D eigenvalue weighted by molar-refractivity contribution is 5.81. The van der Waals surface area contributed by atoms with Crippen LogP contribution in [0.1, 0.15) is 19.8 Å². The molecule has 1 fully saturated rings. The molecule has 1 aliphatic heterocycles. The lowest BCUT2D eigenvalue weighted by Crippen LogP contribution is -2.45. The Balaban J connectivity index is 1.83. The second-order valence-corrected chi connectivity index (χ2v) is 5.23. The molecule has 1 saturated heterocycles. The maximum atomic E-state index is 4.57. The average molecular weight is 255 g/mol. The summed E-state index contributed by atoms with van der Waals surface area (Å²) in [7, 11) is 0. The predicted octanol–water partition coefficient (Wildman–Crippen LogP) is 2.81. The van der Waals surface area contributed by atoms with Gasteiger partial charge in [-0.2, -0.15) is 0 Å². The molecular weight excluding hydrogens is 234 g/mol. The highest BCUT2D eigenvalue weighted by Gasteiger charge is 2.19. The Hall–Kier alpha value is -1.61. The Kier molecular flexibility index (Phi) is 3.65. The van der Waals surface area contributed by atoms with E-state index in [9.17, 15) is 0 Å². The number of nitrogens with zero attached hydrogens (tertiary/aromatic N) is 2. The first-order chi connectivity index (χ1) is 9.36. The van der Waals surface area contributed by atoms with E-state index in [0.29, 0.717) is 6.04 Å². The second-order valence-electron chi connectivity index (χ2n) is 5.23. The van der Waals surface area contributed by atoms with E-state index in [0.717, 1.165) is 25.2 Å². The first kappa shape index (κ1) is 12.4. The van der Waals surface area contributed by atoms with Gasteiger partial charge in [-0.05, 0) is 31.5 Å². The highest BCUT2D eigenvalue weighted by atomic mass is 15.2. The molecule has 1 aromatic heterocycles. The molecule has 2 heterocycles. The summed E-state index contributed by atoms with van der Waals surface area (Å²) in [6.07, 6.45) is 4.55. The van der Waals surface area contributed by atoms with E-state index in [2.05, 4.69) is 46.4 Å². The van der Waals surface area contributed by atoms with E-state index >= 15 is 0 Å². The molecule has 0 radical (unpaired) electrons. The summed E-state index contributed by atoms with van der Waals surface area (Å²) in [5.74, 6) is 0. The van der Waals surface area contributed by atoms with Gasteiger partial charge < -0.3 is 10.2 Å². The van der Waals surface area contributed by atoms with Crippen LogP contribution in [0.15, 0.2) is 36.5 Å². The Morgan fingerprint density at radius 3 is 3.16 bits per heavy atom. The van der Waals surface area contributed by atoms with Crippen LogP contribution in [0, 0.1) is 0 Å². The number of piperidine rings is 1. The van der Waals surface area contributed by atoms with Gasteiger partial charge in [-0.3, -0.25) is 4.98 Å². The summed E-state index contributed by atoms with van der Waals surface area (Å²) < 4.78 is 0. The van der Waals surface area contributed by atoms with Crippen molar-refractivity contribution in [3.05, 3.63) is 36.5 Å². The van der Waals surface area contributed by atoms with Gasteiger partial charge in [-0.1, -0.05) is 25.1 Å². The zero-order valence-electron chi connectivity index (χ0n) is 11.5. The van der Waals surface area contributed by atoms with Gasteiger partial charge in [0.15, 0.2) is 0 Å². The molecule has 0 aliphatic carbocycles. The number of pyridine rings is 1. The van der Waals surface area contributed by atoms with Crippen LogP contribution >= 0.6 is 0 Å². The fraction of sp³-hybridized carbons (Fsp3) is 0.438. The monoisotopic (exact) mass is 255 g/mol. The van der Waals surface area contributed by atoms with Crippen molar-refractivity contribution in [3.63, 3.8) is 0 Å². The topological polar surface area (TPSA) is 28.2 Å². The van der Waals surface area contributed by atoms with Gasteiger partial charge in [0.05, 0.1) is 17.4 Å². The predicted molar refractivity (Wildman–Crippen MR) is 80.7 cm³/mol. The Morgan fingerprint density at radius 1 is 1.37 bits per heavy atom. The molecule has 3 heteroatoms. The normalized spacial score (nSPS) is 19.8. The molecule has 0 amide bonds. The van der Waals surface area contributed by atoms with Crippen LogP contribution in [-0.2, 0) is 0 Å². The third-order valence-electron chi connectivity index (χ3n) is 3.86. The lowest BCUT2D eigenvalue weighted by molar-refractivity contribution is 0.431. The third kappa shape index (κ3) is 2.71. The van der Waals surface area contributed by atoms with E-state index in [4.69, 9.17) is 0 Å². The Labute approximate surface area is 114 Å². The van der Waals surface area contributed by atoms with Crippen molar-refractivity contribution in [1.29, 1.82) is 0 Å². The number of anilines is 1. The van der Waals surface area contributed by atoms with Crippen molar-refractivity contribution in [2.75, 3.05) is 24.5 Å². The van der Waals surface area contributed by atoms with Crippen LogP contribution in [0.4, 0.5) is 5.69 Å². The minimum absolute atomic E-state index is 0.616. The van der Waals surface area contributed by atoms with Crippen molar-refractivity contribution in [1.82, 2.24) is 10.3 Å². The zero-order valence-corrected chi connectivity index (χ0v) is 11.5. The Morgan fingerprint density at radius 2 is 2.26 bits per heavy atom. The first-order valence-electron chi connectivity index (χ1n) is 7.20. The summed E-state index contributed by atoms with van der Waals surface area (Å²) in [4.78, 5) is 7.02. The average Bonchev–Trinajstić information content (AvgIpc) is 2.47. The molecule has 1 unspecified atom stereocenters. The van der Waals surface area contributed by atoms with Crippen molar-refractivity contribution in [2.24, 2.45) is 0 Å². The summed E-state index contributed by atoms with van der Waals surface area (Å²) >= 11 is 0. The molecule has 100 valence electrons. The molecule has 0 spiro atoms. The lowest BCUT2D eigenvalue weighted by Gasteiger charge is -2.34. The van der Waals surface area contributed by atoms with Gasteiger partial charge in [0.2, 0.25) is 0 Å². The summed E-state index contributed by atoms with van der Waals surface area (Å²) in [6, 6.07) is 11.2. The maximum absolute atomic E-state index is 4.57. The minimum Gasteiger partial charge on any atom is -0.369 e. The van der Waals surface area contributed by atoms with E-state index in [1.54, 1.807) is 0 Å². The number of rotatable bonds is 3. The minimum atomic E-state index is 0.616. The van der Waals surface area contributed by atoms with Crippen LogP contribution in [-0.4, -0.2) is 30.7 Å². The molecule has 3 nitrogen and oxygen atoms in total. The van der Waals surface area contributed by atoms with Crippen molar-refractivity contribution in [2.45, 2.75) is 25.8 Å². The van der Waals surface area contributed by atoms with Crippen LogP contribution < -0.4 is 10.2 Å². The zero-order chi connectivity index (χ0) is 13.1. The molecule has 0 saturated carbocycles. The molecule has 1 N–H and O–H groups in total. The van der Waals surface area contributed by atoms with Crippen LogP contribution in [0.2, 0.25) is 0 Å². The lowest BCUT2D eigenvalue weighted by atomic mass is 10.0. The molecule has 19 heavy (non-hydrogen) atoms. The van der Waals surface area contributed by atoms with Gasteiger partial charge in [0.25, 0.3) is 0 Å². The quantitative estimate of drug-likeness (QED) is 0.914. The van der Waals surface area contributed by atoms with Crippen LogP contribution in [0.25, 0.3) is 10.9 Å². The molecule has 1 aromatic carbocycles. The van der Waals surface area contributed by atoms with Gasteiger partial charge in [0, 0.05) is 24.5 Å². The summed E-state index contributed by atoms with van der Waals surface area (Å²) in [5, 5.41) is 4.79. The van der Waals surface area contributed by atoms with Crippen molar-refractivity contribution >= 4 is 16.6 Å². The molecule has 3 rings (SSSR count). The largest absolute Gasteiger partial charge is 0.369 e. The summed E-state index contributed by atoms with van der Waals surface area (Å²) in [5.41, 5.74) is 2.33. The SMILES string of the molecule is CCNC1CCCN(c2cnc3ccccc3c2)C1. The number of nitrogens with one attached hydrogen (secondary N) is 1. The Bertz CT molecular complexity index is 550. The third-order valence-corrected chi connectivity index (χ3v) is 3.86. The number of hydrogen-bond donors (Lipinski definition) is 1. The number of fused-ring (bicyclic) bond motifs is 1. The van der Waals surface area contributed by atoms with Gasteiger partial charge >= 0.3 is 0 Å². The van der Waals surface area contributed by atoms with Crippen molar-refractivity contribution < 1.29 is 0 Å². The van der Waals surface area contributed by atoms with E-state index in [1.165, 1.54) is 23.9 Å². The van der Waals surface area contributed by atoms with Gasteiger partial charge in [0.1, 0.15) is 0 Å². The number of aromatic nitrogens is 1. The standard InChI is InChI=1S/C16H21N3/c1-2-17-14-7-5-9-19(12-14)15-10-13-6-3-4-8-16(13)18-11-15/h3-4,6,8,10-11,14,17H,2,5,7,9,12H2,1H3. The van der Waals surface area contributed by atoms with Crippen molar-refractivity contribution in [3.8, 4) is 0 Å². The van der Waals surface area contributed by atoms with Crippen LogP contribution in [0.3, 0.4) is 0 Å². The highest BCUT2D eigenvalue weighted by Crippen LogP contribution is 2.23. The maximum Gasteiger partial charge on any atom is 0.0703 e. The molecular formula is C16H21N3. The first-order valence-corrected chi connectivity index (χ1v) is 7.20. The fourth-order valence-electron chi connectivity index (χ4n) is 2.90. The van der Waals surface area contributed by atoms with E-state index in [1.807, 2.05) is 12.3 Å². The fourth-order valence-corrected chi connectivity index (χ4v) is 2.90. The van der Waals surface area contributed by atoms with Gasteiger partial charge in [-0.25, -0.2) is 0 Å². The number of para-hydroxylation sites is 1. The summed E-state index contributed by atoms with van der Waals surface area (Å²) in [6.45, 7) is 5.46. The van der Waals surface area contributed by atoms with Crippen LogP contribution in [0.5, 0.6) is 0 Å². The molecule has 1 atom stereocenters. The second kappa shape index (κ2) is 5.57. The molecule has 1 aliphatic rings. The molecule has 0 bridgehead atoms. The van der Waals surface area contributed by atoms with E-state index < -0.39 is 0 Å².